The van der Waals surface area contributed by atoms with Crippen LogP contribution in [0.2, 0.25) is 0 Å². The van der Waals surface area contributed by atoms with Crippen molar-refractivity contribution in [3.05, 3.63) is 0 Å². The smallest absolute Gasteiger partial charge is 0.336 e. The molecule has 17 heavy (non-hydrogen) atoms. The lowest BCUT2D eigenvalue weighted by Crippen LogP contribution is -2.50. The van der Waals surface area contributed by atoms with Crippen molar-refractivity contribution in [3.8, 4) is 0 Å². The van der Waals surface area contributed by atoms with Crippen molar-refractivity contribution >= 4 is 11.9 Å². The van der Waals surface area contributed by atoms with E-state index < -0.39 is 12.1 Å². The number of morpholine rings is 1. The van der Waals surface area contributed by atoms with E-state index in [9.17, 15) is 9.59 Å². The molecular formula is C11H19NO5. The lowest BCUT2D eigenvalue weighted by molar-refractivity contribution is -0.163. The van der Waals surface area contributed by atoms with Crippen LogP contribution < -0.4 is 0 Å². The van der Waals surface area contributed by atoms with E-state index in [-0.39, 0.29) is 25.2 Å². The predicted octanol–water partition coefficient (Wildman–Crippen LogP) is -0.188. The molecule has 0 aromatic heterocycles. The van der Waals surface area contributed by atoms with E-state index in [1.54, 1.807) is 4.90 Å². The number of hydrogen-bond acceptors (Lipinski definition) is 5. The lowest BCUT2D eigenvalue weighted by atomic mass is 10.2. The number of amides is 1. The fourth-order valence-electron chi connectivity index (χ4n) is 1.48. The molecule has 6 nitrogen and oxygen atoms in total. The summed E-state index contributed by atoms with van der Waals surface area (Å²) in [6.45, 7) is 4.81. The standard InChI is InChI=1S/C11H19NO5/c1-8(2)17-7-10(13)12-4-5-16-9(6-12)11(14)15-3/h8-9H,4-7H2,1-3H3. The quantitative estimate of drug-likeness (QED) is 0.642. The van der Waals surface area contributed by atoms with Gasteiger partial charge in [0.15, 0.2) is 6.10 Å². The Balaban J connectivity index is 2.43. The van der Waals surface area contributed by atoms with Gasteiger partial charge < -0.3 is 19.1 Å². The Hall–Kier alpha value is -1.14. The van der Waals surface area contributed by atoms with Crippen molar-refractivity contribution in [3.63, 3.8) is 0 Å². The number of rotatable bonds is 4. The molecular weight excluding hydrogens is 226 g/mol. The van der Waals surface area contributed by atoms with Crippen molar-refractivity contribution in [2.24, 2.45) is 0 Å². The normalized spacial score (nSPS) is 20.5. The zero-order valence-corrected chi connectivity index (χ0v) is 10.5. The van der Waals surface area contributed by atoms with Gasteiger partial charge in [0.05, 0.1) is 26.4 Å². The highest BCUT2D eigenvalue weighted by molar-refractivity contribution is 5.80. The Bertz CT molecular complexity index is 279. The molecule has 1 atom stereocenters. The third kappa shape index (κ3) is 4.32. The molecule has 0 radical (unpaired) electrons. The van der Waals surface area contributed by atoms with Crippen LogP contribution in [0.25, 0.3) is 0 Å². The SMILES string of the molecule is COC(=O)C1CN(C(=O)COC(C)C)CCO1. The second kappa shape index (κ2) is 6.56. The molecule has 0 aliphatic carbocycles. The van der Waals surface area contributed by atoms with Gasteiger partial charge in [-0.25, -0.2) is 4.79 Å². The van der Waals surface area contributed by atoms with Gasteiger partial charge in [-0.05, 0) is 13.8 Å². The Morgan fingerprint density at radius 1 is 1.47 bits per heavy atom. The Kier molecular flexibility index (Phi) is 5.37. The van der Waals surface area contributed by atoms with E-state index in [2.05, 4.69) is 4.74 Å². The lowest BCUT2D eigenvalue weighted by Gasteiger charge is -2.31. The van der Waals surface area contributed by atoms with Crippen LogP contribution in [0.5, 0.6) is 0 Å². The number of nitrogens with zero attached hydrogens (tertiary/aromatic N) is 1. The number of hydrogen-bond donors (Lipinski definition) is 0. The summed E-state index contributed by atoms with van der Waals surface area (Å²) in [6.07, 6.45) is -0.673. The number of esters is 1. The fourth-order valence-corrected chi connectivity index (χ4v) is 1.48. The summed E-state index contributed by atoms with van der Waals surface area (Å²) in [4.78, 5) is 24.6. The minimum absolute atomic E-state index is 0.0106. The monoisotopic (exact) mass is 245 g/mol. The first kappa shape index (κ1) is 13.9. The van der Waals surface area contributed by atoms with E-state index >= 15 is 0 Å². The summed E-state index contributed by atoms with van der Waals surface area (Å²) in [6, 6.07) is 0. The summed E-state index contributed by atoms with van der Waals surface area (Å²) in [7, 11) is 1.30. The van der Waals surface area contributed by atoms with Gasteiger partial charge in [-0.2, -0.15) is 0 Å². The van der Waals surface area contributed by atoms with E-state index in [0.717, 1.165) is 0 Å². The average Bonchev–Trinajstić information content (AvgIpc) is 2.35. The van der Waals surface area contributed by atoms with Crippen LogP contribution in [0.4, 0.5) is 0 Å². The minimum atomic E-state index is -0.684. The molecule has 0 aromatic carbocycles. The minimum Gasteiger partial charge on any atom is -0.467 e. The van der Waals surface area contributed by atoms with Gasteiger partial charge in [0.25, 0.3) is 0 Å². The molecule has 1 saturated heterocycles. The maximum absolute atomic E-state index is 11.8. The first-order valence-electron chi connectivity index (χ1n) is 5.63. The summed E-state index contributed by atoms with van der Waals surface area (Å²) >= 11 is 0. The van der Waals surface area contributed by atoms with Crippen LogP contribution >= 0.6 is 0 Å². The van der Waals surface area contributed by atoms with Crippen LogP contribution in [0.3, 0.4) is 0 Å². The zero-order valence-electron chi connectivity index (χ0n) is 10.5. The molecule has 0 saturated carbocycles. The van der Waals surface area contributed by atoms with Gasteiger partial charge in [0.1, 0.15) is 6.61 Å². The summed E-state index contributed by atoms with van der Waals surface area (Å²) in [5.41, 5.74) is 0. The summed E-state index contributed by atoms with van der Waals surface area (Å²) in [5, 5.41) is 0. The van der Waals surface area contributed by atoms with Crippen molar-refractivity contribution in [1.82, 2.24) is 4.90 Å². The third-order valence-electron chi connectivity index (χ3n) is 2.42. The van der Waals surface area contributed by atoms with Crippen LogP contribution in [0.1, 0.15) is 13.8 Å². The van der Waals surface area contributed by atoms with Crippen molar-refractivity contribution in [2.75, 3.05) is 33.4 Å². The topological polar surface area (TPSA) is 65.1 Å². The van der Waals surface area contributed by atoms with Crippen molar-refractivity contribution in [2.45, 2.75) is 26.1 Å². The molecule has 0 N–H and O–H groups in total. The van der Waals surface area contributed by atoms with Gasteiger partial charge in [0, 0.05) is 6.54 Å². The van der Waals surface area contributed by atoms with Crippen molar-refractivity contribution < 1.29 is 23.8 Å². The molecule has 0 spiro atoms. The average molecular weight is 245 g/mol. The second-order valence-corrected chi connectivity index (χ2v) is 4.08. The van der Waals surface area contributed by atoms with Crippen LogP contribution in [-0.4, -0.2) is 62.4 Å². The first-order valence-corrected chi connectivity index (χ1v) is 5.63. The molecule has 1 unspecified atom stereocenters. The number of methoxy groups -OCH3 is 1. The summed E-state index contributed by atoms with van der Waals surface area (Å²) < 4.78 is 15.0. The molecule has 98 valence electrons. The molecule has 1 aliphatic heterocycles. The Labute approximate surface area is 101 Å². The Morgan fingerprint density at radius 3 is 2.76 bits per heavy atom. The second-order valence-electron chi connectivity index (χ2n) is 4.08. The third-order valence-corrected chi connectivity index (χ3v) is 2.42. The highest BCUT2D eigenvalue weighted by Crippen LogP contribution is 2.07. The fraction of sp³-hybridized carbons (Fsp3) is 0.818. The highest BCUT2D eigenvalue weighted by Gasteiger charge is 2.29. The molecule has 1 fully saturated rings. The first-order chi connectivity index (χ1) is 8.04. The Morgan fingerprint density at radius 2 is 2.18 bits per heavy atom. The molecule has 1 heterocycles. The van der Waals surface area contributed by atoms with Gasteiger partial charge in [-0.1, -0.05) is 0 Å². The van der Waals surface area contributed by atoms with Crippen LogP contribution in [0.15, 0.2) is 0 Å². The zero-order chi connectivity index (χ0) is 12.8. The largest absolute Gasteiger partial charge is 0.467 e. The van der Waals surface area contributed by atoms with Crippen LogP contribution in [-0.2, 0) is 23.8 Å². The molecule has 1 aliphatic rings. The van der Waals surface area contributed by atoms with Crippen molar-refractivity contribution in [1.29, 1.82) is 0 Å². The van der Waals surface area contributed by atoms with Gasteiger partial charge in [-0.3, -0.25) is 4.79 Å². The van der Waals surface area contributed by atoms with E-state index in [0.29, 0.717) is 13.2 Å². The molecule has 1 amide bonds. The number of carbonyl (C=O) groups excluding carboxylic acids is 2. The number of ether oxygens (including phenoxy) is 3. The van der Waals surface area contributed by atoms with Gasteiger partial charge in [0.2, 0.25) is 5.91 Å². The van der Waals surface area contributed by atoms with E-state index in [1.807, 2.05) is 13.8 Å². The van der Waals surface area contributed by atoms with E-state index in [4.69, 9.17) is 9.47 Å². The van der Waals surface area contributed by atoms with Gasteiger partial charge >= 0.3 is 5.97 Å². The molecule has 0 aromatic rings. The summed E-state index contributed by atoms with van der Waals surface area (Å²) in [5.74, 6) is -0.580. The molecule has 1 rings (SSSR count). The maximum Gasteiger partial charge on any atom is 0.336 e. The molecule has 0 bridgehead atoms. The predicted molar refractivity (Wildman–Crippen MR) is 59.4 cm³/mol. The maximum atomic E-state index is 11.8. The number of carbonyl (C=O) groups is 2. The highest BCUT2D eigenvalue weighted by atomic mass is 16.6. The van der Waals surface area contributed by atoms with E-state index in [1.165, 1.54) is 7.11 Å². The van der Waals surface area contributed by atoms with Gasteiger partial charge in [-0.15, -0.1) is 0 Å². The molecule has 6 heteroatoms. The van der Waals surface area contributed by atoms with Crippen LogP contribution in [0, 0.1) is 0 Å².